The van der Waals surface area contributed by atoms with Gasteiger partial charge in [-0.05, 0) is 96.3 Å². The molecule has 0 aromatic rings. The fourth-order valence-corrected chi connectivity index (χ4v) is 10.5. The zero-order valence-electron chi connectivity index (χ0n) is 54.8. The molecule has 0 N–H and O–H groups in total. The molecular weight excluding hydrogens is 1010 g/mol. The number of ether oxygens (including phenoxy) is 3. The Labute approximate surface area is 510 Å². The van der Waals surface area contributed by atoms with Gasteiger partial charge in [-0.2, -0.15) is 0 Å². The van der Waals surface area contributed by atoms with E-state index < -0.39 is 6.10 Å². The Morgan fingerprint density at radius 2 is 0.439 bits per heavy atom. The van der Waals surface area contributed by atoms with Crippen LogP contribution in [0, 0.1) is 0 Å². The quantitative estimate of drug-likeness (QED) is 0.0261. The number of hydrogen-bond donors (Lipinski definition) is 0. The van der Waals surface area contributed by atoms with Crippen LogP contribution >= 0.6 is 0 Å². The van der Waals surface area contributed by atoms with E-state index in [2.05, 4.69) is 93.7 Å². The van der Waals surface area contributed by atoms with Gasteiger partial charge in [-0.15, -0.1) is 0 Å². The number of rotatable bonds is 66. The molecule has 6 nitrogen and oxygen atoms in total. The van der Waals surface area contributed by atoms with E-state index in [0.717, 1.165) is 103 Å². The summed E-state index contributed by atoms with van der Waals surface area (Å²) in [6.45, 7) is 6.66. The van der Waals surface area contributed by atoms with Crippen LogP contribution in [0.4, 0.5) is 0 Å². The summed E-state index contributed by atoms with van der Waals surface area (Å²) in [4.78, 5) is 38.5. The molecule has 0 amide bonds. The Bertz CT molecular complexity index is 1500. The number of unbranched alkanes of at least 4 members (excludes halogenated alkanes) is 43. The molecule has 0 aromatic heterocycles. The standard InChI is InChI=1S/C76H136O6/c1-4-7-10-13-16-19-22-25-28-31-34-37-40-42-45-48-51-54-57-60-63-66-69-75(78)81-72-73(82-76(79)70-67-64-61-58-55-52-49-46-43-39-36-33-30-27-24-21-18-15-12-9-6-3)71-80-74(77)68-65-62-59-56-53-50-47-44-41-38-35-32-29-26-23-20-17-14-11-8-5-2/h23-24,26-27,32-33,35-36,41,43-44,46,73H,4-22,25,28-31,34,37-40,42,45,47-72H2,1-3H3/b26-23-,27-24-,35-32-,36-33-,44-41-,46-43-. The van der Waals surface area contributed by atoms with E-state index >= 15 is 0 Å². The van der Waals surface area contributed by atoms with E-state index in [4.69, 9.17) is 14.2 Å². The van der Waals surface area contributed by atoms with Gasteiger partial charge in [0.1, 0.15) is 13.2 Å². The lowest BCUT2D eigenvalue weighted by molar-refractivity contribution is -0.167. The maximum absolute atomic E-state index is 13.0. The largest absolute Gasteiger partial charge is 0.462 e. The van der Waals surface area contributed by atoms with Crippen LogP contribution in [0.3, 0.4) is 0 Å². The van der Waals surface area contributed by atoms with Crippen LogP contribution in [0.2, 0.25) is 0 Å². The van der Waals surface area contributed by atoms with Crippen molar-refractivity contribution in [2.75, 3.05) is 13.2 Å². The van der Waals surface area contributed by atoms with Crippen LogP contribution in [0.1, 0.15) is 374 Å². The highest BCUT2D eigenvalue weighted by Crippen LogP contribution is 2.18. The monoisotopic (exact) mass is 1150 g/mol. The summed E-state index contributed by atoms with van der Waals surface area (Å²) in [5.41, 5.74) is 0. The van der Waals surface area contributed by atoms with Crippen molar-refractivity contribution in [2.45, 2.75) is 380 Å². The van der Waals surface area contributed by atoms with Gasteiger partial charge in [0.25, 0.3) is 0 Å². The first-order chi connectivity index (χ1) is 40.5. The lowest BCUT2D eigenvalue weighted by Crippen LogP contribution is -2.30. The fraction of sp³-hybridized carbons (Fsp3) is 0.803. The van der Waals surface area contributed by atoms with Crippen LogP contribution in [0.25, 0.3) is 0 Å². The molecule has 0 aliphatic heterocycles. The molecule has 0 aromatic carbocycles. The molecule has 0 aliphatic rings. The fourth-order valence-electron chi connectivity index (χ4n) is 10.5. The molecular formula is C76H136O6. The summed E-state index contributed by atoms with van der Waals surface area (Å²) >= 11 is 0. The van der Waals surface area contributed by atoms with Gasteiger partial charge in [0.05, 0.1) is 0 Å². The Kier molecular flexibility index (Phi) is 67.6. The number of carbonyl (C=O) groups is 3. The maximum atomic E-state index is 13.0. The van der Waals surface area contributed by atoms with E-state index in [-0.39, 0.29) is 31.1 Å². The Hall–Kier alpha value is -3.15. The van der Waals surface area contributed by atoms with Gasteiger partial charge in [0.2, 0.25) is 0 Å². The van der Waals surface area contributed by atoms with Gasteiger partial charge in [-0.3, -0.25) is 14.4 Å². The Balaban J connectivity index is 4.40. The summed E-state index contributed by atoms with van der Waals surface area (Å²) in [5.74, 6) is -0.885. The number of carbonyl (C=O) groups excluding carboxylic acids is 3. The molecule has 1 unspecified atom stereocenters. The second-order valence-corrected chi connectivity index (χ2v) is 24.1. The molecule has 6 heteroatoms. The molecule has 476 valence electrons. The third-order valence-electron chi connectivity index (χ3n) is 15.9. The lowest BCUT2D eigenvalue weighted by atomic mass is 10.0. The molecule has 0 radical (unpaired) electrons. The third kappa shape index (κ3) is 67.6. The summed E-state index contributed by atoms with van der Waals surface area (Å²) < 4.78 is 17.0. The lowest BCUT2D eigenvalue weighted by Gasteiger charge is -2.18. The second-order valence-electron chi connectivity index (χ2n) is 24.1. The molecule has 0 saturated heterocycles. The smallest absolute Gasteiger partial charge is 0.306 e. The average molecular weight is 1150 g/mol. The molecule has 0 aliphatic carbocycles. The predicted molar refractivity (Wildman–Crippen MR) is 358 cm³/mol. The van der Waals surface area contributed by atoms with Crippen molar-refractivity contribution in [3.8, 4) is 0 Å². The maximum Gasteiger partial charge on any atom is 0.306 e. The van der Waals surface area contributed by atoms with E-state index in [1.165, 1.54) is 231 Å². The van der Waals surface area contributed by atoms with Gasteiger partial charge in [0, 0.05) is 19.3 Å². The van der Waals surface area contributed by atoms with Crippen LogP contribution in [0.15, 0.2) is 72.9 Å². The summed E-state index contributed by atoms with van der Waals surface area (Å²) in [5, 5.41) is 0. The van der Waals surface area contributed by atoms with Gasteiger partial charge in [-0.1, -0.05) is 331 Å². The highest BCUT2D eigenvalue weighted by atomic mass is 16.6. The minimum Gasteiger partial charge on any atom is -0.462 e. The predicted octanol–water partition coefficient (Wildman–Crippen LogP) is 24.8. The topological polar surface area (TPSA) is 78.9 Å². The highest BCUT2D eigenvalue weighted by molar-refractivity contribution is 5.71. The van der Waals surface area contributed by atoms with Crippen molar-refractivity contribution in [1.29, 1.82) is 0 Å². The number of esters is 3. The molecule has 0 spiro atoms. The van der Waals surface area contributed by atoms with Crippen LogP contribution < -0.4 is 0 Å². The second kappa shape index (κ2) is 70.3. The van der Waals surface area contributed by atoms with E-state index in [1.54, 1.807) is 0 Å². The van der Waals surface area contributed by atoms with Crippen molar-refractivity contribution >= 4 is 17.9 Å². The minimum absolute atomic E-state index is 0.0820. The van der Waals surface area contributed by atoms with Crippen LogP contribution in [-0.4, -0.2) is 37.2 Å². The zero-order valence-corrected chi connectivity index (χ0v) is 54.8. The van der Waals surface area contributed by atoms with Crippen molar-refractivity contribution < 1.29 is 28.6 Å². The first kappa shape index (κ1) is 78.8. The molecule has 0 fully saturated rings. The minimum atomic E-state index is -0.790. The van der Waals surface area contributed by atoms with E-state index in [0.29, 0.717) is 19.3 Å². The molecule has 0 heterocycles. The summed E-state index contributed by atoms with van der Waals surface area (Å²) in [7, 11) is 0. The zero-order chi connectivity index (χ0) is 59.2. The molecule has 0 saturated carbocycles. The Morgan fingerprint density at radius 3 is 0.683 bits per heavy atom. The molecule has 0 bridgehead atoms. The normalized spacial score (nSPS) is 12.5. The number of hydrogen-bond acceptors (Lipinski definition) is 6. The van der Waals surface area contributed by atoms with Gasteiger partial charge in [-0.25, -0.2) is 0 Å². The first-order valence-electron chi connectivity index (χ1n) is 35.9. The van der Waals surface area contributed by atoms with Gasteiger partial charge < -0.3 is 14.2 Å². The summed E-state index contributed by atoms with van der Waals surface area (Å²) in [6.07, 6.45) is 92.0. The van der Waals surface area contributed by atoms with Crippen LogP contribution in [-0.2, 0) is 28.6 Å². The van der Waals surface area contributed by atoms with Crippen LogP contribution in [0.5, 0.6) is 0 Å². The number of allylic oxidation sites excluding steroid dienone is 12. The average Bonchev–Trinajstić information content (AvgIpc) is 3.47. The van der Waals surface area contributed by atoms with Gasteiger partial charge >= 0.3 is 17.9 Å². The molecule has 82 heavy (non-hydrogen) atoms. The van der Waals surface area contributed by atoms with Gasteiger partial charge in [0.15, 0.2) is 6.10 Å². The van der Waals surface area contributed by atoms with E-state index in [1.807, 2.05) is 0 Å². The van der Waals surface area contributed by atoms with Crippen molar-refractivity contribution in [1.82, 2.24) is 0 Å². The van der Waals surface area contributed by atoms with E-state index in [9.17, 15) is 14.4 Å². The van der Waals surface area contributed by atoms with Crippen molar-refractivity contribution in [2.24, 2.45) is 0 Å². The third-order valence-corrected chi connectivity index (χ3v) is 15.9. The van der Waals surface area contributed by atoms with Crippen molar-refractivity contribution in [3.05, 3.63) is 72.9 Å². The summed E-state index contributed by atoms with van der Waals surface area (Å²) in [6, 6.07) is 0. The van der Waals surface area contributed by atoms with Crippen molar-refractivity contribution in [3.63, 3.8) is 0 Å². The molecule has 0 rings (SSSR count). The first-order valence-corrected chi connectivity index (χ1v) is 35.9. The highest BCUT2D eigenvalue weighted by Gasteiger charge is 2.19. The SMILES string of the molecule is CCCCCCC/C=C\C/C=C\C/C=C\CCCCCCCCC(=O)OCC(COC(=O)CCCCCCCCCCCCCCCCCCCCCCCC)OC(=O)CCCCCCCC/C=C\C/C=C\C/C=C\CCCCCCC. The Morgan fingerprint density at radius 1 is 0.244 bits per heavy atom. The molecule has 1 atom stereocenters.